The van der Waals surface area contributed by atoms with Gasteiger partial charge in [0.25, 0.3) is 0 Å². The van der Waals surface area contributed by atoms with Crippen LogP contribution >= 0.6 is 7.82 Å². The Balaban J connectivity index is -0.0000000800. The Hall–Kier alpha value is 2.43. The summed E-state index contributed by atoms with van der Waals surface area (Å²) in [7, 11) is -4.64. The number of rotatable bonds is 0. The van der Waals surface area contributed by atoms with Gasteiger partial charge in [0.2, 0.25) is 0 Å². The second-order valence-corrected chi connectivity index (χ2v) is 1.54. The fourth-order valence-electron chi connectivity index (χ4n) is 0. The molecule has 0 fully saturated rings. The Bertz CT molecular complexity index is 57.8. The van der Waals surface area contributed by atoms with Crippen molar-refractivity contribution in [3.8, 4) is 0 Å². The Kier molecular flexibility index (Phi) is 15.2. The van der Waals surface area contributed by atoms with E-state index >= 15 is 0 Å². The summed E-state index contributed by atoms with van der Waals surface area (Å²) in [6.07, 6.45) is 0. The van der Waals surface area contributed by atoms with Gasteiger partial charge in [0.1, 0.15) is 0 Å². The molecular weight excluding hydrogens is 275 g/mol. The van der Waals surface area contributed by atoms with Gasteiger partial charge in [0.15, 0.2) is 0 Å². The van der Waals surface area contributed by atoms with Crippen molar-refractivity contribution in [2.75, 3.05) is 0 Å². The fourth-order valence-corrected chi connectivity index (χ4v) is 0. The van der Waals surface area contributed by atoms with Crippen LogP contribution in [0.15, 0.2) is 0 Å². The van der Waals surface area contributed by atoms with Crippen LogP contribution in [0.5, 0.6) is 0 Å². The van der Waals surface area contributed by atoms with E-state index in [-0.39, 0.29) is 69.5 Å². The van der Waals surface area contributed by atoms with E-state index in [1.165, 1.54) is 0 Å². The van der Waals surface area contributed by atoms with Crippen molar-refractivity contribution in [2.24, 2.45) is 0 Å². The van der Waals surface area contributed by atoms with Gasteiger partial charge in [0.05, 0.1) is 0 Å². The van der Waals surface area contributed by atoms with Crippen LogP contribution in [0.3, 0.4) is 0 Å². The summed E-state index contributed by atoms with van der Waals surface area (Å²) in [5.41, 5.74) is 0. The van der Waals surface area contributed by atoms with E-state index in [2.05, 4.69) is 0 Å². The maximum absolute atomic E-state index is 8.88. The minimum absolute atomic E-state index is 0. The number of phosphoric acid groups is 1. The third-order valence-electron chi connectivity index (χ3n) is 0. The third-order valence-corrected chi connectivity index (χ3v) is 0. The predicted octanol–water partition coefficient (Wildman–Crippen LogP) is -1.58. The van der Waals surface area contributed by atoms with Gasteiger partial charge in [-0.2, -0.15) is 0 Å². The first-order valence-electron chi connectivity index (χ1n) is 0.783. The molecule has 0 spiro atoms. The standard InChI is InChI=1S/Gd.Na.H3O4P.H/c;;1-5(2,3)4;/h;;(H3,1,2,3,4);. The van der Waals surface area contributed by atoms with Crippen LogP contribution in [-0.2, 0) is 4.57 Å². The molecule has 3 N–H and O–H groups in total. The molecule has 0 rings (SSSR count). The molecule has 0 aliphatic rings. The molecule has 4 nitrogen and oxygen atoms in total. The Morgan fingerprint density at radius 2 is 1.14 bits per heavy atom. The topological polar surface area (TPSA) is 77.8 Å². The summed E-state index contributed by atoms with van der Waals surface area (Å²) in [5.74, 6) is 0. The summed E-state index contributed by atoms with van der Waals surface area (Å²) in [6, 6.07) is 0. The van der Waals surface area contributed by atoms with Gasteiger partial charge in [-0.05, 0) is 0 Å². The minimum atomic E-state index is -4.64. The second kappa shape index (κ2) is 6.55. The summed E-state index contributed by atoms with van der Waals surface area (Å²) in [4.78, 5) is 21.6. The van der Waals surface area contributed by atoms with E-state index in [1.54, 1.807) is 0 Å². The average molecular weight is 279 g/mol. The maximum atomic E-state index is 8.88. The molecule has 42 valence electrons. The molecule has 0 radical (unpaired) electrons. The molecular formula is H4GdNaO4P. The fraction of sp³-hybridized carbons (Fsp3) is 0. The summed E-state index contributed by atoms with van der Waals surface area (Å²) in [5, 5.41) is 0. The van der Waals surface area contributed by atoms with Gasteiger partial charge in [-0.25, -0.2) is 4.57 Å². The SMILES string of the molecule is O=P(O)(O)O.[Gd].[NaH]. The zero-order valence-electron chi connectivity index (χ0n) is 2.55. The van der Waals surface area contributed by atoms with Crippen LogP contribution in [-0.4, -0.2) is 44.2 Å². The molecule has 0 aromatic heterocycles. The van der Waals surface area contributed by atoms with Crippen LogP contribution < -0.4 is 0 Å². The van der Waals surface area contributed by atoms with E-state index in [9.17, 15) is 0 Å². The van der Waals surface area contributed by atoms with Gasteiger partial charge in [-0.1, -0.05) is 0 Å². The van der Waals surface area contributed by atoms with Gasteiger partial charge in [0, 0.05) is 39.9 Å². The van der Waals surface area contributed by atoms with E-state index < -0.39 is 7.82 Å². The zero-order valence-corrected chi connectivity index (χ0v) is 5.71. The molecule has 0 unspecified atom stereocenters. The Morgan fingerprint density at radius 3 is 1.14 bits per heavy atom. The summed E-state index contributed by atoms with van der Waals surface area (Å²) >= 11 is 0. The quantitative estimate of drug-likeness (QED) is 0.369. The van der Waals surface area contributed by atoms with E-state index in [0.29, 0.717) is 0 Å². The van der Waals surface area contributed by atoms with Gasteiger partial charge >= 0.3 is 37.4 Å². The van der Waals surface area contributed by atoms with Crippen LogP contribution in [0.1, 0.15) is 0 Å². The van der Waals surface area contributed by atoms with E-state index in [0.717, 1.165) is 0 Å². The van der Waals surface area contributed by atoms with Crippen molar-refractivity contribution in [2.45, 2.75) is 0 Å². The summed E-state index contributed by atoms with van der Waals surface area (Å²) < 4.78 is 8.88. The van der Waals surface area contributed by atoms with Crippen LogP contribution in [0.2, 0.25) is 0 Å². The molecule has 7 heteroatoms. The van der Waals surface area contributed by atoms with Gasteiger partial charge in [-0.15, -0.1) is 0 Å². The summed E-state index contributed by atoms with van der Waals surface area (Å²) in [6.45, 7) is 0. The van der Waals surface area contributed by atoms with Gasteiger partial charge in [-0.3, -0.25) is 0 Å². The monoisotopic (exact) mass is 280 g/mol. The molecule has 0 aromatic carbocycles. The number of hydrogen-bond donors (Lipinski definition) is 3. The second-order valence-electron chi connectivity index (χ2n) is 0.513. The van der Waals surface area contributed by atoms with Crippen molar-refractivity contribution in [3.05, 3.63) is 0 Å². The van der Waals surface area contributed by atoms with Crippen molar-refractivity contribution in [1.82, 2.24) is 0 Å². The van der Waals surface area contributed by atoms with Crippen molar-refractivity contribution < 1.29 is 59.2 Å². The first-order chi connectivity index (χ1) is 2.00. The van der Waals surface area contributed by atoms with E-state index in [4.69, 9.17) is 19.2 Å². The Morgan fingerprint density at radius 1 is 1.14 bits per heavy atom. The molecule has 0 aliphatic carbocycles. The molecule has 0 atom stereocenters. The van der Waals surface area contributed by atoms with Gasteiger partial charge < -0.3 is 14.7 Å². The van der Waals surface area contributed by atoms with Crippen molar-refractivity contribution in [1.29, 1.82) is 0 Å². The molecule has 0 saturated heterocycles. The Labute approximate surface area is 94.9 Å². The molecule has 7 heavy (non-hydrogen) atoms. The molecule has 0 amide bonds. The van der Waals surface area contributed by atoms with Crippen molar-refractivity contribution >= 4 is 37.4 Å². The first-order valence-corrected chi connectivity index (χ1v) is 2.35. The molecule has 0 saturated carbocycles. The van der Waals surface area contributed by atoms with Crippen LogP contribution in [0.25, 0.3) is 0 Å². The number of hydrogen-bond acceptors (Lipinski definition) is 1. The average Bonchev–Trinajstić information content (AvgIpc) is 0.722. The molecule has 0 heterocycles. The van der Waals surface area contributed by atoms with Crippen molar-refractivity contribution in [3.63, 3.8) is 0 Å². The molecule has 0 aromatic rings. The molecule has 0 aliphatic heterocycles. The first kappa shape index (κ1) is 16.2. The third kappa shape index (κ3) is 58.9. The van der Waals surface area contributed by atoms with E-state index in [1.807, 2.05) is 0 Å². The van der Waals surface area contributed by atoms with Crippen LogP contribution in [0.4, 0.5) is 0 Å². The predicted molar refractivity (Wildman–Crippen MR) is 21.4 cm³/mol. The van der Waals surface area contributed by atoms with Crippen LogP contribution in [0, 0.1) is 39.9 Å². The molecule has 0 bridgehead atoms. The zero-order chi connectivity index (χ0) is 4.50. The normalized spacial score (nSPS) is 8.43.